The lowest BCUT2D eigenvalue weighted by Gasteiger charge is -2.24. The lowest BCUT2D eigenvalue weighted by atomic mass is 10.1. The number of H-pyrrole nitrogens is 1. The van der Waals surface area contributed by atoms with Crippen LogP contribution in [0.5, 0.6) is 0 Å². The van der Waals surface area contributed by atoms with Crippen molar-refractivity contribution in [2.45, 2.75) is 13.8 Å². The molecule has 0 saturated carbocycles. The minimum atomic E-state index is 0.0117. The first kappa shape index (κ1) is 15.4. The molecule has 0 atom stereocenters. The van der Waals surface area contributed by atoms with E-state index < -0.39 is 0 Å². The largest absolute Gasteiger partial charge is 0.399 e. The number of aromatic nitrogens is 1. The van der Waals surface area contributed by atoms with Gasteiger partial charge in [0.25, 0.3) is 5.91 Å². The Bertz CT molecular complexity index is 619. The van der Waals surface area contributed by atoms with Crippen LogP contribution in [-0.2, 0) is 4.74 Å². The number of fused-ring (bicyclic) bond motifs is 1. The van der Waals surface area contributed by atoms with Gasteiger partial charge in [-0.2, -0.15) is 0 Å². The number of nitrogens with one attached hydrogen (secondary N) is 1. The highest BCUT2D eigenvalue weighted by molar-refractivity contribution is 6.07. The molecule has 114 valence electrons. The summed E-state index contributed by atoms with van der Waals surface area (Å²) in [7, 11) is 1.64. The molecule has 0 unspecified atom stereocenters. The van der Waals surface area contributed by atoms with Crippen molar-refractivity contribution in [3.63, 3.8) is 0 Å². The SMILES string of the molecule is COCCN(CC(C)C)C(=O)c1c[nH]c2ccc(N)cc12. The smallest absolute Gasteiger partial charge is 0.256 e. The highest BCUT2D eigenvalue weighted by Gasteiger charge is 2.20. The standard InChI is InChI=1S/C16H23N3O2/c1-11(2)10-19(6-7-21-3)16(20)14-9-18-15-5-4-12(17)8-13(14)15/h4-5,8-9,11,18H,6-7,10,17H2,1-3H3. The molecule has 1 amide bonds. The summed E-state index contributed by atoms with van der Waals surface area (Å²) in [5.74, 6) is 0.415. The van der Waals surface area contributed by atoms with E-state index >= 15 is 0 Å². The first-order valence-corrected chi connectivity index (χ1v) is 7.17. The van der Waals surface area contributed by atoms with Gasteiger partial charge >= 0.3 is 0 Å². The van der Waals surface area contributed by atoms with Gasteiger partial charge < -0.3 is 20.4 Å². The van der Waals surface area contributed by atoms with Gasteiger partial charge in [-0.15, -0.1) is 0 Å². The predicted molar refractivity (Wildman–Crippen MR) is 85.3 cm³/mol. The number of nitrogens with two attached hydrogens (primary N) is 1. The monoisotopic (exact) mass is 289 g/mol. The number of amides is 1. The zero-order chi connectivity index (χ0) is 15.4. The van der Waals surface area contributed by atoms with Crippen LogP contribution in [0.15, 0.2) is 24.4 Å². The van der Waals surface area contributed by atoms with Crippen molar-refractivity contribution in [2.75, 3.05) is 32.5 Å². The summed E-state index contributed by atoms with van der Waals surface area (Å²) in [4.78, 5) is 17.7. The van der Waals surface area contributed by atoms with Gasteiger partial charge in [0.15, 0.2) is 0 Å². The van der Waals surface area contributed by atoms with Gasteiger partial charge in [-0.3, -0.25) is 4.79 Å². The summed E-state index contributed by atoms with van der Waals surface area (Å²) in [6, 6.07) is 5.55. The number of nitrogens with zero attached hydrogens (tertiary/aromatic N) is 1. The fourth-order valence-electron chi connectivity index (χ4n) is 2.40. The average Bonchev–Trinajstić information content (AvgIpc) is 2.85. The molecule has 0 spiro atoms. The molecule has 0 radical (unpaired) electrons. The van der Waals surface area contributed by atoms with Crippen molar-refractivity contribution in [3.05, 3.63) is 30.0 Å². The first-order valence-electron chi connectivity index (χ1n) is 7.17. The number of nitrogen functional groups attached to an aromatic ring is 1. The molecule has 1 aromatic carbocycles. The number of rotatable bonds is 6. The van der Waals surface area contributed by atoms with Crippen LogP contribution in [-0.4, -0.2) is 42.6 Å². The third kappa shape index (κ3) is 3.55. The Morgan fingerprint density at radius 1 is 1.43 bits per heavy atom. The Morgan fingerprint density at radius 3 is 2.86 bits per heavy atom. The van der Waals surface area contributed by atoms with E-state index in [0.717, 1.165) is 10.9 Å². The fraction of sp³-hybridized carbons (Fsp3) is 0.438. The molecule has 0 aliphatic rings. The maximum atomic E-state index is 12.8. The van der Waals surface area contributed by atoms with Crippen LogP contribution in [0, 0.1) is 5.92 Å². The summed E-state index contributed by atoms with van der Waals surface area (Å²) in [6.45, 7) is 6.02. The maximum absolute atomic E-state index is 12.8. The van der Waals surface area contributed by atoms with Gasteiger partial charge in [0, 0.05) is 43.0 Å². The zero-order valence-corrected chi connectivity index (χ0v) is 12.8. The summed E-state index contributed by atoms with van der Waals surface area (Å²) >= 11 is 0. The van der Waals surface area contributed by atoms with E-state index in [1.165, 1.54) is 0 Å². The van der Waals surface area contributed by atoms with Crippen LogP contribution in [0.3, 0.4) is 0 Å². The summed E-state index contributed by atoms with van der Waals surface area (Å²) in [5, 5.41) is 0.867. The molecule has 0 fully saturated rings. The van der Waals surface area contributed by atoms with Crippen LogP contribution < -0.4 is 5.73 Å². The average molecular weight is 289 g/mol. The third-order valence-electron chi connectivity index (χ3n) is 3.37. The molecule has 2 aromatic rings. The Balaban J connectivity index is 2.31. The molecule has 21 heavy (non-hydrogen) atoms. The van der Waals surface area contributed by atoms with Gasteiger partial charge in [0.05, 0.1) is 12.2 Å². The number of hydrogen-bond acceptors (Lipinski definition) is 3. The molecular formula is C16H23N3O2. The Labute approximate surface area is 125 Å². The van der Waals surface area contributed by atoms with Crippen molar-refractivity contribution in [1.82, 2.24) is 9.88 Å². The number of benzene rings is 1. The maximum Gasteiger partial charge on any atom is 0.256 e. The van der Waals surface area contributed by atoms with Crippen LogP contribution >= 0.6 is 0 Å². The molecule has 5 nitrogen and oxygen atoms in total. The van der Waals surface area contributed by atoms with E-state index in [2.05, 4.69) is 18.8 Å². The Morgan fingerprint density at radius 2 is 2.19 bits per heavy atom. The zero-order valence-electron chi connectivity index (χ0n) is 12.8. The number of hydrogen-bond donors (Lipinski definition) is 2. The highest BCUT2D eigenvalue weighted by atomic mass is 16.5. The Kier molecular flexibility index (Phi) is 4.85. The van der Waals surface area contributed by atoms with E-state index in [9.17, 15) is 4.79 Å². The Hall–Kier alpha value is -2.01. The molecule has 1 heterocycles. The molecular weight excluding hydrogens is 266 g/mol. The molecule has 2 rings (SSSR count). The quantitative estimate of drug-likeness (QED) is 0.803. The number of carbonyl (C=O) groups excluding carboxylic acids is 1. The summed E-state index contributed by atoms with van der Waals surface area (Å²) in [5.41, 5.74) is 8.07. The van der Waals surface area contributed by atoms with Gasteiger partial charge in [-0.05, 0) is 24.1 Å². The second-order valence-corrected chi connectivity index (χ2v) is 5.65. The number of anilines is 1. The van der Waals surface area contributed by atoms with Crippen LogP contribution in [0.25, 0.3) is 10.9 Å². The highest BCUT2D eigenvalue weighted by Crippen LogP contribution is 2.22. The lowest BCUT2D eigenvalue weighted by Crippen LogP contribution is -2.36. The molecule has 0 bridgehead atoms. The molecule has 1 aromatic heterocycles. The van der Waals surface area contributed by atoms with Crippen molar-refractivity contribution in [3.8, 4) is 0 Å². The van der Waals surface area contributed by atoms with Crippen molar-refractivity contribution >= 4 is 22.5 Å². The predicted octanol–water partition coefficient (Wildman–Crippen LogP) is 2.49. The van der Waals surface area contributed by atoms with E-state index in [1.54, 1.807) is 13.3 Å². The van der Waals surface area contributed by atoms with Crippen LogP contribution in [0.4, 0.5) is 5.69 Å². The molecule has 0 aliphatic heterocycles. The van der Waals surface area contributed by atoms with Crippen LogP contribution in [0.2, 0.25) is 0 Å². The summed E-state index contributed by atoms with van der Waals surface area (Å²) in [6.07, 6.45) is 1.76. The third-order valence-corrected chi connectivity index (χ3v) is 3.37. The second kappa shape index (κ2) is 6.63. The van der Waals surface area contributed by atoms with Crippen molar-refractivity contribution in [2.24, 2.45) is 5.92 Å². The van der Waals surface area contributed by atoms with E-state index in [1.807, 2.05) is 23.1 Å². The van der Waals surface area contributed by atoms with Crippen molar-refractivity contribution < 1.29 is 9.53 Å². The van der Waals surface area contributed by atoms with Gasteiger partial charge in [0.2, 0.25) is 0 Å². The molecule has 0 aliphatic carbocycles. The molecule has 5 heteroatoms. The van der Waals surface area contributed by atoms with E-state index in [0.29, 0.717) is 36.9 Å². The topological polar surface area (TPSA) is 71.3 Å². The van der Waals surface area contributed by atoms with E-state index in [-0.39, 0.29) is 5.91 Å². The normalized spacial score (nSPS) is 11.2. The van der Waals surface area contributed by atoms with Crippen LogP contribution in [0.1, 0.15) is 24.2 Å². The van der Waals surface area contributed by atoms with Crippen molar-refractivity contribution in [1.29, 1.82) is 0 Å². The minimum Gasteiger partial charge on any atom is -0.399 e. The lowest BCUT2D eigenvalue weighted by molar-refractivity contribution is 0.0674. The van der Waals surface area contributed by atoms with Gasteiger partial charge in [-0.25, -0.2) is 0 Å². The number of aromatic amines is 1. The first-order chi connectivity index (χ1) is 10.0. The molecule has 3 N–H and O–H groups in total. The minimum absolute atomic E-state index is 0.0117. The van der Waals surface area contributed by atoms with Gasteiger partial charge in [-0.1, -0.05) is 13.8 Å². The molecule has 0 saturated heterocycles. The number of methoxy groups -OCH3 is 1. The van der Waals surface area contributed by atoms with E-state index in [4.69, 9.17) is 10.5 Å². The number of carbonyl (C=O) groups is 1. The summed E-state index contributed by atoms with van der Waals surface area (Å²) < 4.78 is 5.11. The second-order valence-electron chi connectivity index (χ2n) is 5.65. The fourth-order valence-corrected chi connectivity index (χ4v) is 2.40. The number of ether oxygens (including phenoxy) is 1. The van der Waals surface area contributed by atoms with Gasteiger partial charge in [0.1, 0.15) is 0 Å².